The molecule has 0 aromatic rings. The molecule has 1 aliphatic rings. The summed E-state index contributed by atoms with van der Waals surface area (Å²) < 4.78 is 10.9. The van der Waals surface area contributed by atoms with Crippen LogP contribution in [0.2, 0.25) is 0 Å². The first-order chi connectivity index (χ1) is 5.55. The lowest BCUT2D eigenvalue weighted by molar-refractivity contribution is -0.0284. The van der Waals surface area contributed by atoms with Gasteiger partial charge in [-0.2, -0.15) is 0 Å². The average Bonchev–Trinajstić information content (AvgIpc) is 2.38. The summed E-state index contributed by atoms with van der Waals surface area (Å²) in [6.07, 6.45) is 1.48. The van der Waals surface area contributed by atoms with Gasteiger partial charge in [0.2, 0.25) is 0 Å². The van der Waals surface area contributed by atoms with Crippen LogP contribution >= 0.6 is 0 Å². The first kappa shape index (κ1) is 10.0. The van der Waals surface area contributed by atoms with Crippen LogP contribution in [0.1, 0.15) is 27.2 Å². The van der Waals surface area contributed by atoms with Crippen molar-refractivity contribution in [3.05, 3.63) is 0 Å². The number of ether oxygens (including phenoxy) is 2. The van der Waals surface area contributed by atoms with Gasteiger partial charge in [0.15, 0.2) is 0 Å². The lowest BCUT2D eigenvalue weighted by atomic mass is 9.81. The highest BCUT2D eigenvalue weighted by atomic mass is 16.5. The molecule has 0 aromatic carbocycles. The lowest BCUT2D eigenvalue weighted by Crippen LogP contribution is -2.35. The van der Waals surface area contributed by atoms with Gasteiger partial charge in [0, 0.05) is 19.6 Å². The fourth-order valence-electron chi connectivity index (χ4n) is 2.04. The van der Waals surface area contributed by atoms with Crippen molar-refractivity contribution in [1.82, 2.24) is 0 Å². The first-order valence-electron chi connectivity index (χ1n) is 4.66. The first-order valence-corrected chi connectivity index (χ1v) is 4.66. The SMILES string of the molecule is COC(C1CCOC1)C(C)(C)C. The van der Waals surface area contributed by atoms with Crippen molar-refractivity contribution in [3.63, 3.8) is 0 Å². The highest BCUT2D eigenvalue weighted by Crippen LogP contribution is 2.32. The van der Waals surface area contributed by atoms with Crippen LogP contribution in [0.5, 0.6) is 0 Å². The topological polar surface area (TPSA) is 18.5 Å². The standard InChI is InChI=1S/C10H20O2/c1-10(2,3)9(11-4)8-5-6-12-7-8/h8-9H,5-7H2,1-4H3. The molecule has 72 valence electrons. The summed E-state index contributed by atoms with van der Waals surface area (Å²) in [6, 6.07) is 0. The summed E-state index contributed by atoms with van der Waals surface area (Å²) in [6.45, 7) is 8.44. The van der Waals surface area contributed by atoms with E-state index in [1.165, 1.54) is 0 Å². The molecule has 1 rings (SSSR count). The molecule has 2 atom stereocenters. The third-order valence-corrected chi connectivity index (χ3v) is 2.50. The van der Waals surface area contributed by atoms with Gasteiger partial charge in [0.05, 0.1) is 12.7 Å². The Morgan fingerprint density at radius 3 is 2.42 bits per heavy atom. The summed E-state index contributed by atoms with van der Waals surface area (Å²) in [7, 11) is 1.80. The summed E-state index contributed by atoms with van der Waals surface area (Å²) in [5.41, 5.74) is 0.229. The lowest BCUT2D eigenvalue weighted by Gasteiger charge is -2.33. The van der Waals surface area contributed by atoms with Crippen LogP contribution < -0.4 is 0 Å². The molecule has 2 unspecified atom stereocenters. The summed E-state index contributed by atoms with van der Waals surface area (Å²) in [5.74, 6) is 0.593. The van der Waals surface area contributed by atoms with E-state index in [9.17, 15) is 0 Å². The quantitative estimate of drug-likeness (QED) is 0.635. The van der Waals surface area contributed by atoms with Gasteiger partial charge in [-0.3, -0.25) is 0 Å². The molecule has 0 aromatic heterocycles. The third-order valence-electron chi connectivity index (χ3n) is 2.50. The zero-order valence-electron chi connectivity index (χ0n) is 8.59. The maximum Gasteiger partial charge on any atom is 0.0670 e. The van der Waals surface area contributed by atoms with Crippen molar-refractivity contribution < 1.29 is 9.47 Å². The molecule has 0 aliphatic carbocycles. The van der Waals surface area contributed by atoms with E-state index in [2.05, 4.69) is 20.8 Å². The second-order valence-electron chi connectivity index (χ2n) is 4.65. The van der Waals surface area contributed by atoms with Crippen LogP contribution in [0.4, 0.5) is 0 Å². The van der Waals surface area contributed by atoms with E-state index < -0.39 is 0 Å². The number of hydrogen-bond acceptors (Lipinski definition) is 2. The molecule has 2 nitrogen and oxygen atoms in total. The molecule has 1 fully saturated rings. The smallest absolute Gasteiger partial charge is 0.0670 e. The van der Waals surface area contributed by atoms with Gasteiger partial charge in [-0.05, 0) is 11.8 Å². The molecule has 1 saturated heterocycles. The maximum atomic E-state index is 5.52. The predicted molar refractivity (Wildman–Crippen MR) is 49.2 cm³/mol. The molecule has 0 saturated carbocycles. The minimum absolute atomic E-state index is 0.229. The van der Waals surface area contributed by atoms with Gasteiger partial charge >= 0.3 is 0 Å². The number of rotatable bonds is 2. The Hall–Kier alpha value is -0.0800. The number of hydrogen-bond donors (Lipinski definition) is 0. The molecule has 0 amide bonds. The van der Waals surface area contributed by atoms with E-state index in [1.54, 1.807) is 7.11 Å². The van der Waals surface area contributed by atoms with Gasteiger partial charge in [-0.25, -0.2) is 0 Å². The Morgan fingerprint density at radius 1 is 1.42 bits per heavy atom. The predicted octanol–water partition coefficient (Wildman–Crippen LogP) is 2.08. The monoisotopic (exact) mass is 172 g/mol. The molecular formula is C10H20O2. The normalized spacial score (nSPS) is 27.5. The second-order valence-corrected chi connectivity index (χ2v) is 4.65. The third kappa shape index (κ3) is 2.20. The zero-order valence-corrected chi connectivity index (χ0v) is 8.59. The van der Waals surface area contributed by atoms with Crippen molar-refractivity contribution >= 4 is 0 Å². The summed E-state index contributed by atoms with van der Waals surface area (Å²) in [4.78, 5) is 0. The minimum Gasteiger partial charge on any atom is -0.381 e. The molecule has 0 spiro atoms. The largest absolute Gasteiger partial charge is 0.381 e. The fourth-order valence-corrected chi connectivity index (χ4v) is 2.04. The highest BCUT2D eigenvalue weighted by Gasteiger charge is 2.34. The van der Waals surface area contributed by atoms with Crippen LogP contribution in [-0.2, 0) is 9.47 Å². The Balaban J connectivity index is 2.54. The highest BCUT2D eigenvalue weighted by molar-refractivity contribution is 4.83. The molecular weight excluding hydrogens is 152 g/mol. The molecule has 0 bridgehead atoms. The van der Waals surface area contributed by atoms with Gasteiger partial charge < -0.3 is 9.47 Å². The molecule has 0 N–H and O–H groups in total. The van der Waals surface area contributed by atoms with Crippen molar-refractivity contribution in [2.24, 2.45) is 11.3 Å². The summed E-state index contributed by atoms with van der Waals surface area (Å²) >= 11 is 0. The minimum atomic E-state index is 0.229. The van der Waals surface area contributed by atoms with Crippen molar-refractivity contribution in [3.8, 4) is 0 Å². The van der Waals surface area contributed by atoms with Crippen LogP contribution in [0.25, 0.3) is 0 Å². The molecule has 1 heterocycles. The van der Waals surface area contributed by atoms with E-state index in [0.29, 0.717) is 12.0 Å². The second kappa shape index (κ2) is 3.75. The van der Waals surface area contributed by atoms with Crippen LogP contribution in [0.15, 0.2) is 0 Å². The summed E-state index contributed by atoms with van der Waals surface area (Å²) in [5, 5.41) is 0. The molecule has 0 radical (unpaired) electrons. The number of methoxy groups -OCH3 is 1. The van der Waals surface area contributed by atoms with Gasteiger partial charge in [-0.1, -0.05) is 20.8 Å². The Morgan fingerprint density at radius 2 is 2.08 bits per heavy atom. The Labute approximate surface area is 75.2 Å². The van der Waals surface area contributed by atoms with E-state index in [4.69, 9.17) is 9.47 Å². The van der Waals surface area contributed by atoms with Gasteiger partial charge in [0.1, 0.15) is 0 Å². The maximum absolute atomic E-state index is 5.52. The van der Waals surface area contributed by atoms with E-state index >= 15 is 0 Å². The molecule has 12 heavy (non-hydrogen) atoms. The molecule has 1 aliphatic heterocycles. The average molecular weight is 172 g/mol. The van der Waals surface area contributed by atoms with Crippen LogP contribution in [0.3, 0.4) is 0 Å². The zero-order chi connectivity index (χ0) is 9.19. The Bertz CT molecular complexity index is 131. The van der Waals surface area contributed by atoms with Gasteiger partial charge in [-0.15, -0.1) is 0 Å². The van der Waals surface area contributed by atoms with Gasteiger partial charge in [0.25, 0.3) is 0 Å². The van der Waals surface area contributed by atoms with Crippen LogP contribution in [0, 0.1) is 11.3 Å². The Kier molecular flexibility index (Phi) is 3.13. The van der Waals surface area contributed by atoms with Crippen molar-refractivity contribution in [2.75, 3.05) is 20.3 Å². The van der Waals surface area contributed by atoms with E-state index in [0.717, 1.165) is 19.6 Å². The van der Waals surface area contributed by atoms with E-state index in [1.807, 2.05) is 0 Å². The van der Waals surface area contributed by atoms with Crippen LogP contribution in [-0.4, -0.2) is 26.4 Å². The molecule has 2 heteroatoms. The van der Waals surface area contributed by atoms with Crippen molar-refractivity contribution in [1.29, 1.82) is 0 Å². The fraction of sp³-hybridized carbons (Fsp3) is 1.00. The van der Waals surface area contributed by atoms with E-state index in [-0.39, 0.29) is 5.41 Å². The van der Waals surface area contributed by atoms with Crippen molar-refractivity contribution in [2.45, 2.75) is 33.3 Å².